The van der Waals surface area contributed by atoms with Crippen molar-refractivity contribution in [2.24, 2.45) is 5.73 Å². The lowest BCUT2D eigenvalue weighted by Gasteiger charge is -2.33. The number of likely N-dealkylation sites (tertiary alicyclic amines) is 1. The summed E-state index contributed by atoms with van der Waals surface area (Å²) in [7, 11) is -1.91. The number of hydrogen-bond acceptors (Lipinski definition) is 10. The van der Waals surface area contributed by atoms with Crippen LogP contribution in [0.25, 0.3) is 0 Å². The number of piperidine rings is 1. The standard InChI is InChI=1S/C31H43N9O5S/c1-4-8-26-27(28(29(32)41)36-40(26)21-22-9-6-7-12-33-22)35-30(42)25-19-24(46(43,44)39-17-15-38(5-2)16-18-39)20-34-31(25)45-23-10-13-37(3)14-11-23/h6-7,9,12,19-20,23H,4-5,8,10-11,13-18,21H2,1-3H3,(H2,32,41)(H,35,42). The number of rotatable bonds is 12. The molecule has 0 saturated carbocycles. The summed E-state index contributed by atoms with van der Waals surface area (Å²) in [5.41, 5.74) is 7.07. The first-order valence-electron chi connectivity index (χ1n) is 15.8. The lowest BCUT2D eigenvalue weighted by Crippen LogP contribution is -2.48. The van der Waals surface area contributed by atoms with Crippen molar-refractivity contribution in [3.05, 3.63) is 59.3 Å². The van der Waals surface area contributed by atoms with Gasteiger partial charge in [0.2, 0.25) is 15.9 Å². The third-order valence-electron chi connectivity index (χ3n) is 8.49. The molecule has 0 atom stereocenters. The molecule has 248 valence electrons. The number of primary amides is 1. The fourth-order valence-electron chi connectivity index (χ4n) is 5.77. The van der Waals surface area contributed by atoms with Gasteiger partial charge in [0, 0.05) is 45.5 Å². The number of nitrogens with one attached hydrogen (secondary N) is 1. The maximum atomic E-state index is 14.1. The number of piperazine rings is 1. The van der Waals surface area contributed by atoms with Crippen LogP contribution in [0.1, 0.15) is 65.3 Å². The van der Waals surface area contributed by atoms with Gasteiger partial charge < -0.3 is 25.6 Å². The van der Waals surface area contributed by atoms with Crippen LogP contribution in [0.15, 0.2) is 41.6 Å². The number of pyridine rings is 2. The summed E-state index contributed by atoms with van der Waals surface area (Å²) in [6.07, 6.45) is 5.36. The second-order valence-corrected chi connectivity index (χ2v) is 13.6. The smallest absolute Gasteiger partial charge is 0.271 e. The van der Waals surface area contributed by atoms with Crippen molar-refractivity contribution >= 4 is 27.5 Å². The van der Waals surface area contributed by atoms with E-state index in [0.717, 1.165) is 32.5 Å². The van der Waals surface area contributed by atoms with E-state index in [9.17, 15) is 18.0 Å². The van der Waals surface area contributed by atoms with Gasteiger partial charge in [-0.15, -0.1) is 0 Å². The average molecular weight is 654 g/mol. The Labute approximate surface area is 270 Å². The monoisotopic (exact) mass is 653 g/mol. The molecule has 5 rings (SSSR count). The molecule has 15 heteroatoms. The maximum Gasteiger partial charge on any atom is 0.271 e. The van der Waals surface area contributed by atoms with E-state index in [1.165, 1.54) is 16.6 Å². The van der Waals surface area contributed by atoms with E-state index in [4.69, 9.17) is 10.5 Å². The zero-order valence-corrected chi connectivity index (χ0v) is 27.5. The first-order valence-corrected chi connectivity index (χ1v) is 17.2. The number of anilines is 1. The molecule has 5 heterocycles. The second-order valence-electron chi connectivity index (χ2n) is 11.7. The van der Waals surface area contributed by atoms with Gasteiger partial charge in [-0.1, -0.05) is 26.3 Å². The lowest BCUT2D eigenvalue weighted by molar-refractivity contribution is 0.0975. The summed E-state index contributed by atoms with van der Waals surface area (Å²) >= 11 is 0. The van der Waals surface area contributed by atoms with Gasteiger partial charge in [0.15, 0.2) is 5.69 Å². The zero-order valence-electron chi connectivity index (χ0n) is 26.7. The Kier molecular flexibility index (Phi) is 10.7. The molecule has 0 unspecified atom stereocenters. The predicted molar refractivity (Wildman–Crippen MR) is 172 cm³/mol. The largest absolute Gasteiger partial charge is 0.474 e. The Morgan fingerprint density at radius 1 is 1.07 bits per heavy atom. The second kappa shape index (κ2) is 14.7. The quantitative estimate of drug-likeness (QED) is 0.294. The number of amides is 2. The number of carbonyl (C=O) groups excluding carboxylic acids is 2. The highest BCUT2D eigenvalue weighted by Gasteiger charge is 2.32. The number of likely N-dealkylation sites (N-methyl/N-ethyl adjacent to an activating group) is 1. The Balaban J connectivity index is 1.51. The van der Waals surface area contributed by atoms with Gasteiger partial charge in [-0.3, -0.25) is 19.3 Å². The molecule has 46 heavy (non-hydrogen) atoms. The minimum absolute atomic E-state index is 0.0281. The van der Waals surface area contributed by atoms with Crippen molar-refractivity contribution in [1.29, 1.82) is 0 Å². The molecule has 3 aromatic heterocycles. The molecule has 3 N–H and O–H groups in total. The highest BCUT2D eigenvalue weighted by atomic mass is 32.2. The summed E-state index contributed by atoms with van der Waals surface area (Å²) in [5.74, 6) is -1.46. The van der Waals surface area contributed by atoms with E-state index in [1.54, 1.807) is 16.9 Å². The Hall–Kier alpha value is -3.92. The molecule has 2 saturated heterocycles. The number of nitrogens with two attached hydrogens (primary N) is 1. The van der Waals surface area contributed by atoms with Gasteiger partial charge in [0.1, 0.15) is 16.6 Å². The molecular formula is C31H43N9O5S. The van der Waals surface area contributed by atoms with Crippen LogP contribution in [0.2, 0.25) is 0 Å². The van der Waals surface area contributed by atoms with E-state index < -0.39 is 21.8 Å². The molecule has 2 aliphatic heterocycles. The summed E-state index contributed by atoms with van der Waals surface area (Å²) in [6.45, 7) is 8.66. The highest BCUT2D eigenvalue weighted by molar-refractivity contribution is 7.89. The van der Waals surface area contributed by atoms with Gasteiger partial charge >= 0.3 is 0 Å². The third-order valence-corrected chi connectivity index (χ3v) is 10.3. The summed E-state index contributed by atoms with van der Waals surface area (Å²) in [4.78, 5) is 39.7. The fourth-order valence-corrected chi connectivity index (χ4v) is 7.17. The molecule has 2 aliphatic rings. The van der Waals surface area contributed by atoms with Crippen molar-refractivity contribution in [1.82, 2.24) is 33.9 Å². The first-order chi connectivity index (χ1) is 22.1. The van der Waals surface area contributed by atoms with Gasteiger partial charge in [0.25, 0.3) is 11.8 Å². The van der Waals surface area contributed by atoms with Crippen molar-refractivity contribution in [3.8, 4) is 5.88 Å². The average Bonchev–Trinajstić information content (AvgIpc) is 3.39. The van der Waals surface area contributed by atoms with Gasteiger partial charge in [-0.2, -0.15) is 9.40 Å². The number of aromatic nitrogens is 4. The van der Waals surface area contributed by atoms with Crippen LogP contribution in [0.5, 0.6) is 5.88 Å². The summed E-state index contributed by atoms with van der Waals surface area (Å²) in [5, 5.41) is 7.29. The normalized spacial score (nSPS) is 17.2. The molecule has 2 amide bonds. The molecule has 14 nitrogen and oxygen atoms in total. The van der Waals surface area contributed by atoms with Crippen LogP contribution in [0.3, 0.4) is 0 Å². The van der Waals surface area contributed by atoms with Crippen molar-refractivity contribution in [2.75, 3.05) is 58.2 Å². The van der Waals surface area contributed by atoms with Crippen molar-refractivity contribution in [3.63, 3.8) is 0 Å². The first kappa shape index (κ1) is 33.4. The molecule has 0 aromatic carbocycles. The molecule has 0 spiro atoms. The molecule has 3 aromatic rings. The number of nitrogens with zero attached hydrogens (tertiary/aromatic N) is 7. The van der Waals surface area contributed by atoms with Gasteiger partial charge in [-0.05, 0) is 51.1 Å². The molecule has 2 fully saturated rings. The Morgan fingerprint density at radius 3 is 2.43 bits per heavy atom. The lowest BCUT2D eigenvalue weighted by atomic mass is 10.1. The van der Waals surface area contributed by atoms with Crippen LogP contribution in [0, 0.1) is 0 Å². The van der Waals surface area contributed by atoms with Crippen LogP contribution < -0.4 is 15.8 Å². The van der Waals surface area contributed by atoms with Crippen LogP contribution in [-0.4, -0.2) is 113 Å². The third kappa shape index (κ3) is 7.54. The fraction of sp³-hybridized carbons (Fsp3) is 0.516. The Morgan fingerprint density at radius 2 is 1.80 bits per heavy atom. The Bertz CT molecular complexity index is 1630. The molecule has 0 radical (unpaired) electrons. The minimum atomic E-state index is -3.94. The summed E-state index contributed by atoms with van der Waals surface area (Å²) in [6, 6.07) is 6.81. The molecular weight excluding hydrogens is 610 g/mol. The number of hydrogen-bond donors (Lipinski definition) is 2. The summed E-state index contributed by atoms with van der Waals surface area (Å²) < 4.78 is 36.7. The van der Waals surface area contributed by atoms with E-state index >= 15 is 0 Å². The van der Waals surface area contributed by atoms with E-state index in [0.29, 0.717) is 50.4 Å². The molecule has 0 bridgehead atoms. The minimum Gasteiger partial charge on any atom is -0.474 e. The number of sulfonamides is 1. The van der Waals surface area contributed by atoms with Crippen LogP contribution in [0.4, 0.5) is 5.69 Å². The number of carbonyl (C=O) groups is 2. The SMILES string of the molecule is CCCc1c(NC(=O)c2cc(S(=O)(=O)N3CCN(CC)CC3)cnc2OC2CCN(C)CC2)c(C(N)=O)nn1Cc1ccccn1. The molecule has 0 aliphatic carbocycles. The van der Waals surface area contributed by atoms with Crippen LogP contribution in [-0.2, 0) is 23.0 Å². The van der Waals surface area contributed by atoms with E-state index in [2.05, 4.69) is 30.2 Å². The van der Waals surface area contributed by atoms with Gasteiger partial charge in [-0.25, -0.2) is 13.4 Å². The topological polar surface area (TPSA) is 169 Å². The zero-order chi connectivity index (χ0) is 32.8. The van der Waals surface area contributed by atoms with Crippen molar-refractivity contribution < 1.29 is 22.7 Å². The van der Waals surface area contributed by atoms with Crippen molar-refractivity contribution in [2.45, 2.75) is 57.1 Å². The maximum absolute atomic E-state index is 14.1. The van der Waals surface area contributed by atoms with Gasteiger partial charge in [0.05, 0.1) is 29.8 Å². The van der Waals surface area contributed by atoms with Crippen LogP contribution >= 0.6 is 0 Å². The highest BCUT2D eigenvalue weighted by Crippen LogP contribution is 2.29. The van der Waals surface area contributed by atoms with E-state index in [-0.39, 0.29) is 40.4 Å². The van der Waals surface area contributed by atoms with E-state index in [1.807, 2.05) is 33.0 Å². The predicted octanol–water partition coefficient (Wildman–Crippen LogP) is 1.82. The number of ether oxygens (including phenoxy) is 1.